The second-order valence-corrected chi connectivity index (χ2v) is 12.0. The zero-order valence-corrected chi connectivity index (χ0v) is 26.7. The van der Waals surface area contributed by atoms with Crippen LogP contribution in [0.4, 0.5) is 0 Å². The summed E-state index contributed by atoms with van der Waals surface area (Å²) >= 11 is 0. The van der Waals surface area contributed by atoms with Crippen molar-refractivity contribution in [1.82, 2.24) is 26.2 Å². The second-order valence-electron chi connectivity index (χ2n) is 12.0. The molecule has 15 nitrogen and oxygen atoms in total. The highest BCUT2D eigenvalue weighted by molar-refractivity contribution is 5.96. The molecule has 2 rings (SSSR count). The van der Waals surface area contributed by atoms with Gasteiger partial charge in [-0.25, -0.2) is 0 Å². The van der Waals surface area contributed by atoms with E-state index in [0.717, 1.165) is 5.56 Å². The molecule has 46 heavy (non-hydrogen) atoms. The zero-order valence-electron chi connectivity index (χ0n) is 26.7. The van der Waals surface area contributed by atoms with Gasteiger partial charge in [0.25, 0.3) is 0 Å². The normalized spacial score (nSPS) is 17.6. The minimum absolute atomic E-state index is 0.142. The van der Waals surface area contributed by atoms with Gasteiger partial charge in [0.2, 0.25) is 29.5 Å². The van der Waals surface area contributed by atoms with Crippen LogP contribution in [0.2, 0.25) is 0 Å². The Bertz CT molecular complexity index is 1260. The van der Waals surface area contributed by atoms with Crippen molar-refractivity contribution in [2.45, 2.75) is 102 Å². The Morgan fingerprint density at radius 2 is 1.46 bits per heavy atom. The van der Waals surface area contributed by atoms with Crippen LogP contribution >= 0.6 is 0 Å². The minimum Gasteiger partial charge on any atom is -0.481 e. The first-order valence-corrected chi connectivity index (χ1v) is 15.4. The fourth-order valence-electron chi connectivity index (χ4n) is 5.06. The van der Waals surface area contributed by atoms with Crippen molar-refractivity contribution < 1.29 is 43.8 Å². The maximum atomic E-state index is 13.5. The van der Waals surface area contributed by atoms with Crippen molar-refractivity contribution in [2.24, 2.45) is 11.7 Å². The molecule has 8 N–H and O–H groups in total. The van der Waals surface area contributed by atoms with Crippen LogP contribution in [0, 0.1) is 5.92 Å². The minimum atomic E-state index is -1.36. The number of aliphatic carboxylic acids is 2. The summed E-state index contributed by atoms with van der Waals surface area (Å²) in [5, 5.41) is 28.2. The second kappa shape index (κ2) is 17.8. The first-order chi connectivity index (χ1) is 21.6. The Morgan fingerprint density at radius 1 is 0.848 bits per heavy atom. The van der Waals surface area contributed by atoms with E-state index in [1.54, 1.807) is 24.3 Å². The highest BCUT2D eigenvalue weighted by Gasteiger charge is 2.38. The van der Waals surface area contributed by atoms with E-state index in [-0.39, 0.29) is 31.7 Å². The molecule has 0 saturated carbocycles. The maximum Gasteiger partial charge on any atom is 0.325 e. The number of carbonyl (C=O) groups excluding carboxylic acids is 5. The van der Waals surface area contributed by atoms with Crippen molar-refractivity contribution in [3.63, 3.8) is 0 Å². The number of nitrogens with one attached hydrogen (secondary N) is 4. The average molecular weight is 647 g/mol. The molecule has 1 aromatic rings. The van der Waals surface area contributed by atoms with E-state index in [1.807, 2.05) is 19.9 Å². The van der Waals surface area contributed by atoms with E-state index in [4.69, 9.17) is 15.9 Å². The zero-order chi connectivity index (χ0) is 34.6. The summed E-state index contributed by atoms with van der Waals surface area (Å²) in [6.07, 6.45) is 0.477. The van der Waals surface area contributed by atoms with Crippen LogP contribution in [0.5, 0.6) is 0 Å². The van der Waals surface area contributed by atoms with Crippen LogP contribution in [0.3, 0.4) is 0 Å². The number of benzene rings is 1. The predicted octanol–water partition coefficient (Wildman–Crippen LogP) is -0.478. The Hall–Kier alpha value is -4.53. The van der Waals surface area contributed by atoms with Gasteiger partial charge in [-0.15, -0.1) is 0 Å². The molecule has 15 heteroatoms. The largest absolute Gasteiger partial charge is 0.481 e. The van der Waals surface area contributed by atoms with Crippen molar-refractivity contribution in [2.75, 3.05) is 6.54 Å². The summed E-state index contributed by atoms with van der Waals surface area (Å²) in [6.45, 7) is 6.71. The first kappa shape index (κ1) is 37.7. The topological polar surface area (TPSA) is 237 Å². The van der Waals surface area contributed by atoms with Gasteiger partial charge in [-0.05, 0) is 51.0 Å². The third-order valence-electron chi connectivity index (χ3n) is 7.55. The van der Waals surface area contributed by atoms with Crippen molar-refractivity contribution in [3.8, 4) is 0 Å². The van der Waals surface area contributed by atoms with Crippen LogP contribution in [0.1, 0.15) is 65.4 Å². The Kier molecular flexibility index (Phi) is 14.6. The van der Waals surface area contributed by atoms with Crippen LogP contribution < -0.4 is 27.0 Å². The molecule has 0 radical (unpaired) electrons. The molecule has 0 aromatic heterocycles. The van der Waals surface area contributed by atoms with Crippen molar-refractivity contribution >= 4 is 41.5 Å². The van der Waals surface area contributed by atoms with Gasteiger partial charge in [0.05, 0.1) is 6.04 Å². The molecule has 1 aromatic carbocycles. The lowest BCUT2D eigenvalue weighted by Crippen LogP contribution is -2.58. The van der Waals surface area contributed by atoms with Crippen LogP contribution in [0.15, 0.2) is 30.3 Å². The summed E-state index contributed by atoms with van der Waals surface area (Å²) in [4.78, 5) is 89.2. The third-order valence-corrected chi connectivity index (χ3v) is 7.55. The molecule has 1 fully saturated rings. The van der Waals surface area contributed by atoms with Crippen molar-refractivity contribution in [1.29, 1.82) is 0 Å². The molecule has 1 saturated heterocycles. The molecule has 0 bridgehead atoms. The van der Waals surface area contributed by atoms with Crippen LogP contribution in [-0.4, -0.2) is 99.4 Å². The molecule has 6 atom stereocenters. The molecule has 1 aliphatic rings. The van der Waals surface area contributed by atoms with E-state index in [2.05, 4.69) is 21.3 Å². The summed E-state index contributed by atoms with van der Waals surface area (Å²) in [5.41, 5.74) is 6.81. The van der Waals surface area contributed by atoms with Gasteiger partial charge in [0.1, 0.15) is 30.2 Å². The van der Waals surface area contributed by atoms with E-state index >= 15 is 0 Å². The lowest BCUT2D eigenvalue weighted by Gasteiger charge is -2.29. The molecular formula is C31H46N6O9. The van der Waals surface area contributed by atoms with Gasteiger partial charge in [-0.3, -0.25) is 33.6 Å². The van der Waals surface area contributed by atoms with Gasteiger partial charge < -0.3 is 42.1 Å². The number of carboxylic acids is 2. The predicted molar refractivity (Wildman–Crippen MR) is 166 cm³/mol. The number of carbonyl (C=O) groups is 7. The molecule has 5 amide bonds. The van der Waals surface area contributed by atoms with Crippen LogP contribution in [0.25, 0.3) is 0 Å². The van der Waals surface area contributed by atoms with E-state index < -0.39 is 84.1 Å². The van der Waals surface area contributed by atoms with Gasteiger partial charge in [0.15, 0.2) is 0 Å². The number of rotatable bonds is 17. The Morgan fingerprint density at radius 3 is 2.04 bits per heavy atom. The monoisotopic (exact) mass is 646 g/mol. The van der Waals surface area contributed by atoms with E-state index in [9.17, 15) is 33.6 Å². The number of nitrogens with zero attached hydrogens (tertiary/aromatic N) is 1. The number of hydrogen-bond acceptors (Lipinski definition) is 8. The molecule has 254 valence electrons. The molecule has 0 unspecified atom stereocenters. The summed E-state index contributed by atoms with van der Waals surface area (Å²) in [5.74, 6) is -5.66. The third kappa shape index (κ3) is 11.8. The molecule has 1 heterocycles. The Balaban J connectivity index is 2.14. The molecular weight excluding hydrogens is 600 g/mol. The van der Waals surface area contributed by atoms with E-state index in [0.29, 0.717) is 12.8 Å². The number of carboxylic acid groups (broad SMARTS) is 2. The van der Waals surface area contributed by atoms with Gasteiger partial charge in [-0.1, -0.05) is 44.2 Å². The fourth-order valence-corrected chi connectivity index (χ4v) is 5.06. The number of hydrogen-bond donors (Lipinski definition) is 7. The van der Waals surface area contributed by atoms with Gasteiger partial charge in [0, 0.05) is 19.4 Å². The molecule has 0 spiro atoms. The lowest BCUT2D eigenvalue weighted by molar-refractivity contribution is -0.143. The smallest absolute Gasteiger partial charge is 0.325 e. The SMILES string of the molecule is CC(C)C[C@H](N)C(=O)N[C@@H](Cc1ccccc1)C(=O)N[C@@H](C)C(=O)N1CCC[C@H]1C(=O)N[C@H](CCC(=O)O)C(=O)N[C@@H](C)C(=O)O. The molecule has 0 aliphatic carbocycles. The van der Waals surface area contributed by atoms with Crippen LogP contribution in [-0.2, 0) is 40.0 Å². The summed E-state index contributed by atoms with van der Waals surface area (Å²) in [7, 11) is 0. The maximum absolute atomic E-state index is 13.5. The summed E-state index contributed by atoms with van der Waals surface area (Å²) < 4.78 is 0. The quantitative estimate of drug-likeness (QED) is 0.115. The highest BCUT2D eigenvalue weighted by atomic mass is 16.4. The number of nitrogens with two attached hydrogens (primary N) is 1. The van der Waals surface area contributed by atoms with Gasteiger partial charge >= 0.3 is 11.9 Å². The number of amides is 5. The molecule has 1 aliphatic heterocycles. The van der Waals surface area contributed by atoms with Crippen molar-refractivity contribution in [3.05, 3.63) is 35.9 Å². The average Bonchev–Trinajstić information content (AvgIpc) is 3.48. The standard InChI is InChI=1S/C31H46N6O9/c1-17(2)15-21(32)26(40)36-23(16-20-9-6-5-7-10-20)28(42)33-18(3)30(44)37-14-8-11-24(37)29(43)35-22(12-13-25(38)39)27(41)34-19(4)31(45)46/h5-7,9-10,17-19,21-24H,8,11-16,32H2,1-4H3,(H,33,42)(H,34,41)(H,35,43)(H,36,40)(H,38,39)(H,45,46)/t18-,19-,21-,22+,23-,24-/m0/s1. The first-order valence-electron chi connectivity index (χ1n) is 15.4. The Labute approximate surface area is 268 Å². The lowest BCUT2D eigenvalue weighted by atomic mass is 10.0. The summed E-state index contributed by atoms with van der Waals surface area (Å²) in [6, 6.07) is 2.39. The van der Waals surface area contributed by atoms with Gasteiger partial charge in [-0.2, -0.15) is 0 Å². The fraction of sp³-hybridized carbons (Fsp3) is 0.581. The number of likely N-dealkylation sites (tertiary alicyclic amines) is 1. The highest BCUT2D eigenvalue weighted by Crippen LogP contribution is 2.19. The van der Waals surface area contributed by atoms with E-state index in [1.165, 1.54) is 18.7 Å².